The van der Waals surface area contributed by atoms with Crippen LogP contribution in [0.4, 0.5) is 5.82 Å². The quantitative estimate of drug-likeness (QED) is 0.567. The molecule has 30 heavy (non-hydrogen) atoms. The van der Waals surface area contributed by atoms with Crippen LogP contribution in [0.3, 0.4) is 0 Å². The molecule has 7 nitrogen and oxygen atoms in total. The van der Waals surface area contributed by atoms with E-state index in [1.807, 2.05) is 12.3 Å². The summed E-state index contributed by atoms with van der Waals surface area (Å²) in [5, 5.41) is 4.31. The Morgan fingerprint density at radius 3 is 2.87 bits per heavy atom. The maximum absolute atomic E-state index is 5.04. The van der Waals surface area contributed by atoms with E-state index in [2.05, 4.69) is 48.0 Å². The van der Waals surface area contributed by atoms with Crippen molar-refractivity contribution >= 4 is 49.2 Å². The summed E-state index contributed by atoms with van der Waals surface area (Å²) in [5.41, 5.74) is 5.12. The molecule has 9 heteroatoms. The molecule has 3 aliphatic rings. The highest BCUT2D eigenvalue weighted by Crippen LogP contribution is 2.44. The first kappa shape index (κ1) is 18.7. The molecule has 2 atom stereocenters. The van der Waals surface area contributed by atoms with Crippen molar-refractivity contribution in [1.82, 2.24) is 30.2 Å². The summed E-state index contributed by atoms with van der Waals surface area (Å²) in [7, 11) is 0. The Hall–Kier alpha value is -2.10. The Balaban J connectivity index is 1.39. The molecule has 1 aliphatic carbocycles. The number of nitrogens with one attached hydrogen (secondary N) is 1. The second-order valence-electron chi connectivity index (χ2n) is 7.95. The molecule has 0 aromatic carbocycles. The van der Waals surface area contributed by atoms with Gasteiger partial charge in [-0.25, -0.2) is 19.9 Å². The molecule has 0 spiro atoms. The molecule has 2 aliphatic heterocycles. The lowest BCUT2D eigenvalue weighted by Gasteiger charge is -2.29. The lowest BCUT2D eigenvalue weighted by Crippen LogP contribution is -2.51. The van der Waals surface area contributed by atoms with E-state index in [9.17, 15) is 0 Å². The first-order chi connectivity index (χ1) is 14.7. The topological polar surface area (TPSA) is 79.7 Å². The number of rotatable bonds is 4. The number of aromatic nitrogens is 5. The average Bonchev–Trinajstić information content (AvgIpc) is 3.23. The molecule has 0 saturated carbocycles. The highest BCUT2D eigenvalue weighted by molar-refractivity contribution is 9.15. The van der Waals surface area contributed by atoms with E-state index in [-0.39, 0.29) is 0 Å². The van der Waals surface area contributed by atoms with Gasteiger partial charge in [0.1, 0.15) is 11.3 Å². The number of fused-ring (bicyclic) bond motifs is 3. The second-order valence-corrected chi connectivity index (χ2v) is 9.78. The number of allylic oxidation sites excluding steroid dienone is 1. The van der Waals surface area contributed by atoms with E-state index >= 15 is 0 Å². The summed E-state index contributed by atoms with van der Waals surface area (Å²) in [6.45, 7) is 5.37. The van der Waals surface area contributed by atoms with Crippen LogP contribution in [0.5, 0.6) is 0 Å². The van der Waals surface area contributed by atoms with Gasteiger partial charge < -0.3 is 10.2 Å². The molecule has 3 aromatic rings. The molecule has 2 fully saturated rings. The van der Waals surface area contributed by atoms with Crippen LogP contribution in [0.15, 0.2) is 40.3 Å². The maximum Gasteiger partial charge on any atom is 0.194 e. The van der Waals surface area contributed by atoms with Crippen LogP contribution in [0.25, 0.3) is 15.6 Å². The predicted molar refractivity (Wildman–Crippen MR) is 121 cm³/mol. The monoisotopic (exact) mass is 481 g/mol. The van der Waals surface area contributed by atoms with Gasteiger partial charge in [0.15, 0.2) is 10.8 Å². The van der Waals surface area contributed by atoms with Crippen molar-refractivity contribution < 1.29 is 0 Å². The van der Waals surface area contributed by atoms with Crippen LogP contribution in [-0.2, 0) is 6.42 Å². The lowest BCUT2D eigenvalue weighted by atomic mass is 9.96. The SMILES string of the molecule is CCC1=C(Br)c2c(nc(Sc3cnc4nccnc4c3)nc2N2CC3CNC3C2)C1. The van der Waals surface area contributed by atoms with Gasteiger partial charge in [-0.05, 0) is 29.8 Å². The number of anilines is 1. The first-order valence-corrected chi connectivity index (χ1v) is 11.8. The minimum Gasteiger partial charge on any atom is -0.354 e. The smallest absolute Gasteiger partial charge is 0.194 e. The Bertz CT molecular complexity index is 1190. The summed E-state index contributed by atoms with van der Waals surface area (Å²) in [6.07, 6.45) is 7.07. The molecular weight excluding hydrogens is 462 g/mol. The standard InChI is InChI=1S/C21H20BrN7S/c1-2-11-5-14-17(18(11)22)20(29-9-12-7-25-16(12)10-29)28-21(27-14)30-13-6-15-19(26-8-13)24-4-3-23-15/h3-4,6,8,12,16,25H,2,5,7,9-10H2,1H3. The summed E-state index contributed by atoms with van der Waals surface area (Å²) in [5.74, 6) is 1.78. The molecule has 5 heterocycles. The van der Waals surface area contributed by atoms with Gasteiger partial charge in [0, 0.05) is 66.0 Å². The molecule has 1 N–H and O–H groups in total. The van der Waals surface area contributed by atoms with Crippen LogP contribution in [-0.4, -0.2) is 50.6 Å². The van der Waals surface area contributed by atoms with E-state index in [1.54, 1.807) is 24.2 Å². The summed E-state index contributed by atoms with van der Waals surface area (Å²) in [6, 6.07) is 2.59. The van der Waals surface area contributed by atoms with Crippen molar-refractivity contribution in [2.24, 2.45) is 5.92 Å². The average molecular weight is 482 g/mol. The van der Waals surface area contributed by atoms with Gasteiger partial charge >= 0.3 is 0 Å². The number of pyridine rings is 1. The van der Waals surface area contributed by atoms with Gasteiger partial charge in [0.05, 0.1) is 11.3 Å². The first-order valence-electron chi connectivity index (χ1n) is 10.2. The number of hydrogen-bond donors (Lipinski definition) is 1. The Morgan fingerprint density at radius 1 is 1.20 bits per heavy atom. The zero-order chi connectivity index (χ0) is 20.2. The van der Waals surface area contributed by atoms with E-state index in [0.717, 1.165) is 65.5 Å². The molecule has 3 aromatic heterocycles. The molecule has 0 amide bonds. The van der Waals surface area contributed by atoms with Crippen LogP contribution in [0.1, 0.15) is 24.6 Å². The minimum absolute atomic E-state index is 0.588. The Labute approximate surface area is 187 Å². The second kappa shape index (κ2) is 7.25. The van der Waals surface area contributed by atoms with Crippen LogP contribution in [0, 0.1) is 5.92 Å². The highest BCUT2D eigenvalue weighted by Gasteiger charge is 2.41. The van der Waals surface area contributed by atoms with E-state index in [4.69, 9.17) is 9.97 Å². The Kier molecular flexibility index (Phi) is 4.51. The largest absolute Gasteiger partial charge is 0.354 e. The van der Waals surface area contributed by atoms with Gasteiger partial charge in [0.25, 0.3) is 0 Å². The number of hydrogen-bond acceptors (Lipinski definition) is 8. The maximum atomic E-state index is 5.04. The van der Waals surface area contributed by atoms with Crippen molar-refractivity contribution in [2.75, 3.05) is 24.5 Å². The van der Waals surface area contributed by atoms with E-state index < -0.39 is 0 Å². The van der Waals surface area contributed by atoms with Crippen molar-refractivity contribution in [3.63, 3.8) is 0 Å². The summed E-state index contributed by atoms with van der Waals surface area (Å²) >= 11 is 5.39. The fourth-order valence-corrected chi connectivity index (χ4v) is 6.06. The van der Waals surface area contributed by atoms with Gasteiger partial charge in [-0.3, -0.25) is 4.98 Å². The molecule has 6 rings (SSSR count). The van der Waals surface area contributed by atoms with E-state index in [1.165, 1.54) is 15.6 Å². The molecule has 152 valence electrons. The number of halogens is 1. The van der Waals surface area contributed by atoms with Crippen LogP contribution < -0.4 is 10.2 Å². The fourth-order valence-electron chi connectivity index (χ4n) is 4.46. The normalized spacial score (nSPS) is 22.4. The van der Waals surface area contributed by atoms with E-state index in [0.29, 0.717) is 11.7 Å². The molecule has 0 radical (unpaired) electrons. The zero-order valence-corrected chi connectivity index (χ0v) is 18.9. The third kappa shape index (κ3) is 3.02. The van der Waals surface area contributed by atoms with Gasteiger partial charge in [-0.2, -0.15) is 0 Å². The number of nitrogens with zero attached hydrogens (tertiary/aromatic N) is 6. The van der Waals surface area contributed by atoms with Gasteiger partial charge in [0.2, 0.25) is 0 Å². The molecule has 0 bridgehead atoms. The van der Waals surface area contributed by atoms with Crippen molar-refractivity contribution in [3.8, 4) is 0 Å². The lowest BCUT2D eigenvalue weighted by molar-refractivity contribution is 0.297. The van der Waals surface area contributed by atoms with Gasteiger partial charge in [-0.1, -0.05) is 22.9 Å². The predicted octanol–water partition coefficient (Wildman–Crippen LogP) is 3.45. The molecule has 2 saturated heterocycles. The fraction of sp³-hybridized carbons (Fsp3) is 0.381. The highest BCUT2D eigenvalue weighted by atomic mass is 79.9. The zero-order valence-electron chi connectivity index (χ0n) is 16.5. The van der Waals surface area contributed by atoms with Crippen LogP contribution in [0.2, 0.25) is 0 Å². The third-order valence-corrected chi connectivity index (χ3v) is 7.95. The summed E-state index contributed by atoms with van der Waals surface area (Å²) in [4.78, 5) is 26.4. The van der Waals surface area contributed by atoms with Crippen molar-refractivity contribution in [2.45, 2.75) is 35.9 Å². The molecule has 2 unspecified atom stereocenters. The molecular formula is C21H20BrN7S. The Morgan fingerprint density at radius 2 is 2.10 bits per heavy atom. The van der Waals surface area contributed by atoms with Gasteiger partial charge in [-0.15, -0.1) is 0 Å². The van der Waals surface area contributed by atoms with Crippen molar-refractivity contribution in [3.05, 3.63) is 41.5 Å². The van der Waals surface area contributed by atoms with Crippen LogP contribution >= 0.6 is 27.7 Å². The van der Waals surface area contributed by atoms with Crippen molar-refractivity contribution in [1.29, 1.82) is 0 Å². The third-order valence-electron chi connectivity index (χ3n) is 6.17. The summed E-state index contributed by atoms with van der Waals surface area (Å²) < 4.78 is 1.18. The minimum atomic E-state index is 0.588.